The molecular weight excluding hydrogens is 472 g/mol. The number of hydrazone groups is 1. The van der Waals surface area contributed by atoms with E-state index in [1.165, 1.54) is 28.5 Å². The molecule has 2 heterocycles. The Bertz CT molecular complexity index is 1230. The Hall–Kier alpha value is -2.96. The smallest absolute Gasteiger partial charge is 0.329 e. The first-order valence-electron chi connectivity index (χ1n) is 9.44. The zero-order chi connectivity index (χ0) is 22.7. The summed E-state index contributed by atoms with van der Waals surface area (Å²) in [5.41, 5.74) is 2.15. The van der Waals surface area contributed by atoms with Crippen molar-refractivity contribution in [1.29, 1.82) is 0 Å². The van der Waals surface area contributed by atoms with Gasteiger partial charge in [0, 0.05) is 17.1 Å². The molecule has 3 rings (SSSR count). The van der Waals surface area contributed by atoms with Gasteiger partial charge in [0.25, 0.3) is 5.56 Å². The first-order chi connectivity index (χ1) is 14.7. The van der Waals surface area contributed by atoms with Crippen LogP contribution in [0.25, 0.3) is 11.2 Å². The number of aromatic nitrogens is 4. The molecule has 1 atom stereocenters. The van der Waals surface area contributed by atoms with E-state index in [0.29, 0.717) is 5.56 Å². The molecule has 3 aromatic rings. The highest BCUT2D eigenvalue weighted by molar-refractivity contribution is 9.10. The van der Waals surface area contributed by atoms with Crippen LogP contribution in [0.15, 0.2) is 37.4 Å². The lowest BCUT2D eigenvalue weighted by Crippen LogP contribution is -2.30. The van der Waals surface area contributed by atoms with Gasteiger partial charge in [-0.2, -0.15) is 10.1 Å². The summed E-state index contributed by atoms with van der Waals surface area (Å²) in [6.07, 6.45) is 0.374. The Morgan fingerprint density at radius 2 is 2.13 bits per heavy atom. The van der Waals surface area contributed by atoms with E-state index in [-0.39, 0.29) is 42.1 Å². The largest absolute Gasteiger partial charge is 0.507 e. The number of phenolic OH excluding ortho intramolecular Hbond substituents is 1. The van der Waals surface area contributed by atoms with Gasteiger partial charge >= 0.3 is 5.69 Å². The van der Waals surface area contributed by atoms with Crippen LogP contribution in [0, 0.1) is 0 Å². The maximum absolute atomic E-state index is 12.5. The van der Waals surface area contributed by atoms with Crippen molar-refractivity contribution >= 4 is 39.3 Å². The lowest BCUT2D eigenvalue weighted by atomic mass is 10.2. The van der Waals surface area contributed by atoms with E-state index in [1.54, 1.807) is 12.1 Å². The number of phenols is 1. The predicted molar refractivity (Wildman–Crippen MR) is 120 cm³/mol. The second kappa shape index (κ2) is 9.45. The van der Waals surface area contributed by atoms with E-state index in [1.807, 2.05) is 13.8 Å². The molecule has 0 aliphatic carbocycles. The molecule has 31 heavy (non-hydrogen) atoms. The number of ether oxygens (including phenoxy) is 1. The molecule has 0 spiro atoms. The summed E-state index contributed by atoms with van der Waals surface area (Å²) in [4.78, 5) is 31.0. The number of hydrogen-bond donors (Lipinski definition) is 4. The molecule has 0 fully saturated rings. The number of aromatic amines is 1. The van der Waals surface area contributed by atoms with Gasteiger partial charge in [-0.25, -0.2) is 10.2 Å². The summed E-state index contributed by atoms with van der Waals surface area (Å²) in [7, 11) is 1.48. The second-order valence-corrected chi connectivity index (χ2v) is 8.06. The van der Waals surface area contributed by atoms with Crippen molar-refractivity contribution < 1.29 is 14.9 Å². The van der Waals surface area contributed by atoms with E-state index in [9.17, 15) is 19.8 Å². The molecule has 0 radical (unpaired) electrons. The summed E-state index contributed by atoms with van der Waals surface area (Å²) in [5.74, 6) is 0.165. The molecule has 1 aromatic carbocycles. The molecule has 0 unspecified atom stereocenters. The predicted octanol–water partition coefficient (Wildman–Crippen LogP) is 1.12. The van der Waals surface area contributed by atoms with Crippen LogP contribution in [0.5, 0.6) is 5.75 Å². The Morgan fingerprint density at radius 3 is 2.84 bits per heavy atom. The number of H-pyrrole nitrogens is 1. The fourth-order valence-electron chi connectivity index (χ4n) is 2.85. The molecule has 0 bridgehead atoms. The Balaban J connectivity index is 1.99. The van der Waals surface area contributed by atoms with Gasteiger partial charge in [0.05, 0.1) is 31.6 Å². The van der Waals surface area contributed by atoms with E-state index in [2.05, 4.69) is 36.4 Å². The van der Waals surface area contributed by atoms with Crippen molar-refractivity contribution in [3.05, 3.63) is 49.1 Å². The quantitative estimate of drug-likeness (QED) is 0.271. The van der Waals surface area contributed by atoms with Gasteiger partial charge in [0.15, 0.2) is 11.2 Å². The third kappa shape index (κ3) is 5.21. The van der Waals surface area contributed by atoms with Gasteiger partial charge in [-0.1, -0.05) is 15.9 Å². The number of aliphatic hydroxyl groups is 1. The number of hydrogen-bond acceptors (Lipinski definition) is 8. The van der Waals surface area contributed by atoms with Gasteiger partial charge in [0.2, 0.25) is 5.95 Å². The van der Waals surface area contributed by atoms with Gasteiger partial charge in [-0.3, -0.25) is 14.3 Å². The minimum absolute atomic E-state index is 0.0233. The standard InChI is InChI=1S/C19H23BrN6O5/c1-10(2)31-9-13(27)8-26-15-16(25(3)19(30)23-17(15)29)22-18(26)24-21-7-11-6-12(20)4-5-14(11)28/h4-7,10,13,27-28H,8-9H2,1-3H3,(H,22,24)(H,23,29,30)/b21-7+/t13-/m0/s1. The van der Waals surface area contributed by atoms with E-state index >= 15 is 0 Å². The van der Waals surface area contributed by atoms with Crippen LogP contribution in [-0.4, -0.2) is 54.3 Å². The van der Waals surface area contributed by atoms with Gasteiger partial charge in [0.1, 0.15) is 5.75 Å². The van der Waals surface area contributed by atoms with Crippen molar-refractivity contribution in [2.75, 3.05) is 12.0 Å². The average Bonchev–Trinajstić information content (AvgIpc) is 3.06. The number of benzene rings is 1. The van der Waals surface area contributed by atoms with Crippen molar-refractivity contribution in [2.24, 2.45) is 12.1 Å². The number of nitrogens with zero attached hydrogens (tertiary/aromatic N) is 4. The summed E-state index contributed by atoms with van der Waals surface area (Å²) in [5, 5.41) is 24.4. The number of aliphatic hydroxyl groups excluding tert-OH is 1. The van der Waals surface area contributed by atoms with Crippen LogP contribution in [0.2, 0.25) is 0 Å². The molecule has 0 aliphatic rings. The number of halogens is 1. The Morgan fingerprint density at radius 1 is 1.39 bits per heavy atom. The SMILES string of the molecule is CC(C)OC[C@@H](O)Cn1c(N/N=C/c2cc(Br)ccc2O)nc2c1c(=O)[nH]c(=O)n2C. The molecule has 2 aromatic heterocycles. The highest BCUT2D eigenvalue weighted by Crippen LogP contribution is 2.20. The minimum atomic E-state index is -0.935. The highest BCUT2D eigenvalue weighted by Gasteiger charge is 2.19. The lowest BCUT2D eigenvalue weighted by molar-refractivity contribution is -0.000105. The third-order valence-corrected chi connectivity index (χ3v) is 4.87. The van der Waals surface area contributed by atoms with E-state index < -0.39 is 17.4 Å². The second-order valence-electron chi connectivity index (χ2n) is 7.15. The van der Waals surface area contributed by atoms with Crippen LogP contribution in [0.4, 0.5) is 5.95 Å². The molecule has 0 amide bonds. The molecule has 4 N–H and O–H groups in total. The van der Waals surface area contributed by atoms with Crippen molar-refractivity contribution in [2.45, 2.75) is 32.6 Å². The minimum Gasteiger partial charge on any atom is -0.507 e. The number of rotatable bonds is 8. The van der Waals surface area contributed by atoms with Crippen molar-refractivity contribution in [3.8, 4) is 5.75 Å². The first kappa shape index (κ1) is 22.7. The number of aryl methyl sites for hydroxylation is 1. The zero-order valence-corrected chi connectivity index (χ0v) is 18.8. The monoisotopic (exact) mass is 494 g/mol. The first-order valence-corrected chi connectivity index (χ1v) is 10.2. The molecule has 166 valence electrons. The molecular formula is C19H23BrN6O5. The molecule has 12 heteroatoms. The zero-order valence-electron chi connectivity index (χ0n) is 17.2. The van der Waals surface area contributed by atoms with Gasteiger partial charge in [-0.05, 0) is 32.0 Å². The number of anilines is 1. The van der Waals surface area contributed by atoms with Gasteiger partial charge in [-0.15, -0.1) is 0 Å². The normalized spacial score (nSPS) is 12.8. The summed E-state index contributed by atoms with van der Waals surface area (Å²) < 4.78 is 8.82. The number of fused-ring (bicyclic) bond motifs is 1. The molecule has 0 saturated heterocycles. The maximum atomic E-state index is 12.5. The summed E-state index contributed by atoms with van der Waals surface area (Å²) >= 11 is 3.32. The van der Waals surface area contributed by atoms with Crippen LogP contribution in [0.3, 0.4) is 0 Å². The van der Waals surface area contributed by atoms with Crippen molar-refractivity contribution in [3.63, 3.8) is 0 Å². The van der Waals surface area contributed by atoms with Crippen LogP contribution in [0.1, 0.15) is 19.4 Å². The Kier molecular flexibility index (Phi) is 6.93. The van der Waals surface area contributed by atoms with E-state index in [0.717, 1.165) is 4.47 Å². The van der Waals surface area contributed by atoms with E-state index in [4.69, 9.17) is 4.74 Å². The highest BCUT2D eigenvalue weighted by atomic mass is 79.9. The summed E-state index contributed by atoms with van der Waals surface area (Å²) in [6.45, 7) is 3.72. The van der Waals surface area contributed by atoms with Crippen LogP contribution < -0.4 is 16.7 Å². The number of aromatic hydroxyl groups is 1. The number of nitrogens with one attached hydrogen (secondary N) is 2. The third-order valence-electron chi connectivity index (χ3n) is 4.38. The maximum Gasteiger partial charge on any atom is 0.329 e. The average molecular weight is 495 g/mol. The van der Waals surface area contributed by atoms with Gasteiger partial charge < -0.3 is 19.5 Å². The topological polar surface area (TPSA) is 147 Å². The fraction of sp³-hybridized carbons (Fsp3) is 0.368. The van der Waals surface area contributed by atoms with Crippen LogP contribution >= 0.6 is 15.9 Å². The Labute approximate surface area is 185 Å². The summed E-state index contributed by atoms with van der Waals surface area (Å²) in [6, 6.07) is 4.87. The number of imidazole rings is 1. The molecule has 0 saturated carbocycles. The lowest BCUT2D eigenvalue weighted by Gasteiger charge is -2.15. The molecule has 0 aliphatic heterocycles. The molecule has 11 nitrogen and oxygen atoms in total. The fourth-order valence-corrected chi connectivity index (χ4v) is 3.23. The van der Waals surface area contributed by atoms with Crippen LogP contribution in [-0.2, 0) is 18.3 Å². The van der Waals surface area contributed by atoms with Crippen molar-refractivity contribution in [1.82, 2.24) is 19.1 Å².